The molecule has 0 unspecified atom stereocenters. The summed E-state index contributed by atoms with van der Waals surface area (Å²) in [5.41, 5.74) is 0.303. The molecule has 0 saturated carbocycles. The van der Waals surface area contributed by atoms with Gasteiger partial charge in [-0.2, -0.15) is 5.26 Å². The molecule has 0 amide bonds. The zero-order valence-corrected chi connectivity index (χ0v) is 8.85. The summed E-state index contributed by atoms with van der Waals surface area (Å²) in [5, 5.41) is 9.01. The average Bonchev–Trinajstić information content (AvgIpc) is 2.29. The van der Waals surface area contributed by atoms with E-state index in [1.165, 1.54) is 6.20 Å². The molecule has 0 N–H and O–H groups in total. The van der Waals surface area contributed by atoms with Crippen LogP contribution in [0.5, 0.6) is 11.6 Å². The van der Waals surface area contributed by atoms with Crippen LogP contribution in [-0.2, 0) is 0 Å². The Kier molecular flexibility index (Phi) is 2.99. The number of hydrogen-bond acceptors (Lipinski definition) is 4. The summed E-state index contributed by atoms with van der Waals surface area (Å²) in [6.07, 6.45) is 1.53. The van der Waals surface area contributed by atoms with Crippen molar-refractivity contribution in [3.8, 4) is 17.7 Å². The van der Waals surface area contributed by atoms with E-state index in [1.54, 1.807) is 30.3 Å². The molecule has 0 radical (unpaired) electrons. The number of rotatable bonds is 2. The van der Waals surface area contributed by atoms with E-state index in [1.807, 2.05) is 6.07 Å². The molecule has 2 heterocycles. The van der Waals surface area contributed by atoms with Crippen LogP contribution >= 0.6 is 11.6 Å². The Balaban J connectivity index is 2.24. The van der Waals surface area contributed by atoms with Gasteiger partial charge in [0.25, 0.3) is 0 Å². The molecule has 78 valence electrons. The predicted molar refractivity (Wildman–Crippen MR) is 58.3 cm³/mol. The first kappa shape index (κ1) is 10.4. The number of ether oxygens (including phenoxy) is 1. The summed E-state index contributed by atoms with van der Waals surface area (Å²) in [6.45, 7) is 0. The summed E-state index contributed by atoms with van der Waals surface area (Å²) in [7, 11) is 0. The minimum Gasteiger partial charge on any atom is -0.439 e. The van der Waals surface area contributed by atoms with Crippen molar-refractivity contribution in [3.63, 3.8) is 0 Å². The number of hydrogen-bond donors (Lipinski definition) is 0. The van der Waals surface area contributed by atoms with E-state index < -0.39 is 0 Å². The van der Waals surface area contributed by atoms with Crippen LogP contribution in [0.1, 0.15) is 5.69 Å². The van der Waals surface area contributed by atoms with Crippen molar-refractivity contribution in [3.05, 3.63) is 47.4 Å². The van der Waals surface area contributed by atoms with Crippen molar-refractivity contribution in [2.45, 2.75) is 0 Å². The maximum absolute atomic E-state index is 8.67. The normalized spacial score (nSPS) is 9.50. The Labute approximate surface area is 97.1 Å². The topological polar surface area (TPSA) is 58.8 Å². The molecule has 16 heavy (non-hydrogen) atoms. The van der Waals surface area contributed by atoms with Crippen molar-refractivity contribution in [1.29, 1.82) is 5.26 Å². The quantitative estimate of drug-likeness (QED) is 0.746. The fourth-order valence-corrected chi connectivity index (χ4v) is 1.27. The number of nitriles is 1. The van der Waals surface area contributed by atoms with Crippen molar-refractivity contribution in [1.82, 2.24) is 9.97 Å². The van der Waals surface area contributed by atoms with Crippen LogP contribution in [0.4, 0.5) is 0 Å². The Morgan fingerprint density at radius 3 is 2.94 bits per heavy atom. The SMILES string of the molecule is N#Cc1cccc(Oc2ccnc(Cl)c2)n1. The molecule has 2 rings (SSSR count). The highest BCUT2D eigenvalue weighted by atomic mass is 35.5. The monoisotopic (exact) mass is 231 g/mol. The third kappa shape index (κ3) is 2.47. The first-order chi connectivity index (χ1) is 7.78. The minimum absolute atomic E-state index is 0.303. The summed E-state index contributed by atoms with van der Waals surface area (Å²) in [6, 6.07) is 10.1. The van der Waals surface area contributed by atoms with E-state index in [0.29, 0.717) is 22.5 Å². The molecule has 0 bridgehead atoms. The predicted octanol–water partition coefficient (Wildman–Crippen LogP) is 2.79. The lowest BCUT2D eigenvalue weighted by Crippen LogP contribution is -1.90. The van der Waals surface area contributed by atoms with Crippen LogP contribution in [0.3, 0.4) is 0 Å². The molecule has 0 spiro atoms. The summed E-state index contributed by atoms with van der Waals surface area (Å²) in [4.78, 5) is 7.80. The molecule has 0 aromatic carbocycles. The Morgan fingerprint density at radius 2 is 2.19 bits per heavy atom. The lowest BCUT2D eigenvalue weighted by Gasteiger charge is -2.03. The van der Waals surface area contributed by atoms with Gasteiger partial charge in [0.1, 0.15) is 22.7 Å². The molecule has 0 atom stereocenters. The van der Waals surface area contributed by atoms with E-state index >= 15 is 0 Å². The third-order valence-corrected chi connectivity index (χ3v) is 1.97. The first-order valence-corrected chi connectivity index (χ1v) is 4.82. The van der Waals surface area contributed by atoms with Gasteiger partial charge in [-0.15, -0.1) is 0 Å². The molecule has 4 nitrogen and oxygen atoms in total. The van der Waals surface area contributed by atoms with Crippen LogP contribution in [-0.4, -0.2) is 9.97 Å². The molecule has 0 aliphatic rings. The molecule has 0 aliphatic heterocycles. The van der Waals surface area contributed by atoms with E-state index in [9.17, 15) is 0 Å². The molecule has 0 saturated heterocycles. The minimum atomic E-state index is 0.303. The molecule has 2 aromatic heterocycles. The zero-order chi connectivity index (χ0) is 11.4. The number of nitrogens with zero attached hydrogens (tertiary/aromatic N) is 3. The Bertz CT molecular complexity index is 551. The highest BCUT2D eigenvalue weighted by Gasteiger charge is 2.00. The standard InChI is InChI=1S/C11H6ClN3O/c12-10-6-9(4-5-14-10)16-11-3-1-2-8(7-13)15-11/h1-6H. The lowest BCUT2D eigenvalue weighted by molar-refractivity contribution is 0.462. The van der Waals surface area contributed by atoms with Gasteiger partial charge < -0.3 is 4.74 Å². The molecule has 5 heteroatoms. The maximum Gasteiger partial charge on any atom is 0.220 e. The van der Waals surface area contributed by atoms with Crippen LogP contribution in [0.2, 0.25) is 5.15 Å². The van der Waals surface area contributed by atoms with Crippen LogP contribution in [0.15, 0.2) is 36.5 Å². The van der Waals surface area contributed by atoms with E-state index in [2.05, 4.69) is 9.97 Å². The third-order valence-electron chi connectivity index (χ3n) is 1.76. The van der Waals surface area contributed by atoms with Gasteiger partial charge in [-0.1, -0.05) is 17.7 Å². The second-order valence-electron chi connectivity index (χ2n) is 2.89. The molecule has 2 aromatic rings. The van der Waals surface area contributed by atoms with Crippen molar-refractivity contribution >= 4 is 11.6 Å². The lowest BCUT2D eigenvalue weighted by atomic mass is 10.4. The Morgan fingerprint density at radius 1 is 1.31 bits per heavy atom. The van der Waals surface area contributed by atoms with Crippen molar-refractivity contribution in [2.75, 3.05) is 0 Å². The number of pyridine rings is 2. The second kappa shape index (κ2) is 4.60. The second-order valence-corrected chi connectivity index (χ2v) is 3.28. The van der Waals surface area contributed by atoms with Gasteiger partial charge in [0.15, 0.2) is 0 Å². The Hall–Kier alpha value is -2.12. The summed E-state index contributed by atoms with van der Waals surface area (Å²) < 4.78 is 5.42. The van der Waals surface area contributed by atoms with Crippen LogP contribution in [0.25, 0.3) is 0 Å². The van der Waals surface area contributed by atoms with E-state index in [0.717, 1.165) is 0 Å². The van der Waals surface area contributed by atoms with Gasteiger partial charge in [-0.25, -0.2) is 9.97 Å². The molecule has 0 aliphatic carbocycles. The summed E-state index contributed by atoms with van der Waals surface area (Å²) in [5.74, 6) is 0.879. The highest BCUT2D eigenvalue weighted by molar-refractivity contribution is 6.29. The summed E-state index contributed by atoms with van der Waals surface area (Å²) >= 11 is 5.71. The molecule has 0 fully saturated rings. The largest absolute Gasteiger partial charge is 0.439 e. The fourth-order valence-electron chi connectivity index (χ4n) is 1.10. The number of aromatic nitrogens is 2. The van der Waals surface area contributed by atoms with Gasteiger partial charge in [-0.05, 0) is 12.1 Å². The zero-order valence-electron chi connectivity index (χ0n) is 8.09. The molecular formula is C11H6ClN3O. The smallest absolute Gasteiger partial charge is 0.220 e. The van der Waals surface area contributed by atoms with Gasteiger partial charge >= 0.3 is 0 Å². The van der Waals surface area contributed by atoms with Gasteiger partial charge in [0, 0.05) is 18.3 Å². The number of halogens is 1. The molecular weight excluding hydrogens is 226 g/mol. The van der Waals surface area contributed by atoms with Gasteiger partial charge in [-0.3, -0.25) is 0 Å². The fraction of sp³-hybridized carbons (Fsp3) is 0. The van der Waals surface area contributed by atoms with Crippen LogP contribution in [0, 0.1) is 11.3 Å². The van der Waals surface area contributed by atoms with Crippen molar-refractivity contribution < 1.29 is 4.74 Å². The van der Waals surface area contributed by atoms with Crippen molar-refractivity contribution in [2.24, 2.45) is 0 Å². The maximum atomic E-state index is 8.67. The van der Waals surface area contributed by atoms with Gasteiger partial charge in [0.05, 0.1) is 0 Å². The van der Waals surface area contributed by atoms with Gasteiger partial charge in [0.2, 0.25) is 5.88 Å². The first-order valence-electron chi connectivity index (χ1n) is 4.44. The van der Waals surface area contributed by atoms with E-state index in [4.69, 9.17) is 21.6 Å². The highest BCUT2D eigenvalue weighted by Crippen LogP contribution is 2.21. The van der Waals surface area contributed by atoms with Crippen LogP contribution < -0.4 is 4.74 Å². The van der Waals surface area contributed by atoms with E-state index in [-0.39, 0.29) is 0 Å². The average molecular weight is 232 g/mol.